The van der Waals surface area contributed by atoms with Gasteiger partial charge in [-0.1, -0.05) is 17.7 Å². The summed E-state index contributed by atoms with van der Waals surface area (Å²) in [6.07, 6.45) is -0.192. The van der Waals surface area contributed by atoms with Gasteiger partial charge in [0.1, 0.15) is 0 Å². The second-order valence-electron chi connectivity index (χ2n) is 7.07. The van der Waals surface area contributed by atoms with Crippen LogP contribution in [0.5, 0.6) is 0 Å². The van der Waals surface area contributed by atoms with Crippen molar-refractivity contribution in [3.63, 3.8) is 0 Å². The Morgan fingerprint density at radius 1 is 1.19 bits per heavy atom. The number of hydrogen-bond acceptors (Lipinski definition) is 3. The minimum Gasteiger partial charge on any atom is -0.335 e. The van der Waals surface area contributed by atoms with Gasteiger partial charge >= 0.3 is 18.2 Å². The van der Waals surface area contributed by atoms with Gasteiger partial charge in [0.25, 0.3) is 0 Å². The number of alkyl halides is 3. The number of carbonyl (C=O) groups is 2. The fourth-order valence-corrected chi connectivity index (χ4v) is 3.30. The number of nitrogens with one attached hydrogen (secondary N) is 3. The van der Waals surface area contributed by atoms with E-state index < -0.39 is 17.8 Å². The Bertz CT molecular complexity index is 919. The number of carbonyl (C=O) groups excluding carboxylic acids is 2. The van der Waals surface area contributed by atoms with Crippen molar-refractivity contribution in [3.05, 3.63) is 58.9 Å². The molecule has 2 heterocycles. The highest BCUT2D eigenvalue weighted by Gasteiger charge is 2.31. The molecular weight excluding hydrogens is 435 g/mol. The van der Waals surface area contributed by atoms with Crippen LogP contribution in [0.4, 0.5) is 28.4 Å². The molecule has 7 nitrogen and oxygen atoms in total. The molecule has 3 rings (SSSR count). The van der Waals surface area contributed by atoms with Crippen molar-refractivity contribution < 1.29 is 22.8 Å². The second-order valence-corrected chi connectivity index (χ2v) is 7.48. The minimum atomic E-state index is -4.54. The number of rotatable bonds is 4. The fraction of sp³-hybridized carbons (Fsp3) is 0.350. The second kappa shape index (κ2) is 9.86. The van der Waals surface area contributed by atoms with Gasteiger partial charge in [0.05, 0.1) is 16.3 Å². The maximum atomic E-state index is 12.9. The molecule has 0 atom stereocenters. The van der Waals surface area contributed by atoms with Crippen LogP contribution in [-0.2, 0) is 12.7 Å². The first-order chi connectivity index (χ1) is 14.7. The number of pyridine rings is 1. The summed E-state index contributed by atoms with van der Waals surface area (Å²) in [5.41, 5.74) is -0.124. The van der Waals surface area contributed by atoms with Crippen LogP contribution in [0, 0.1) is 0 Å². The Hall–Kier alpha value is -3.01. The number of aromatic nitrogens is 1. The van der Waals surface area contributed by atoms with Crippen molar-refractivity contribution in [2.45, 2.75) is 31.6 Å². The SMILES string of the molecule is O=C(NCc1cccnc1)NC1CCN(C(=O)Nc2cc(C(F)(F)F)ccc2Cl)CC1. The largest absolute Gasteiger partial charge is 0.416 e. The van der Waals surface area contributed by atoms with Crippen LogP contribution in [0.2, 0.25) is 5.02 Å². The number of hydrogen-bond donors (Lipinski definition) is 3. The Morgan fingerprint density at radius 3 is 2.58 bits per heavy atom. The number of piperidine rings is 1. The summed E-state index contributed by atoms with van der Waals surface area (Å²) in [4.78, 5) is 29.9. The Kier molecular flexibility index (Phi) is 7.21. The zero-order valence-electron chi connectivity index (χ0n) is 16.4. The lowest BCUT2D eigenvalue weighted by molar-refractivity contribution is -0.137. The van der Waals surface area contributed by atoms with Gasteiger partial charge in [-0.05, 0) is 42.7 Å². The molecule has 2 aromatic rings. The normalized spacial score (nSPS) is 14.8. The van der Waals surface area contributed by atoms with Crippen molar-refractivity contribution >= 4 is 29.4 Å². The van der Waals surface area contributed by atoms with E-state index in [1.165, 1.54) is 4.90 Å². The molecule has 0 radical (unpaired) electrons. The van der Waals surface area contributed by atoms with Crippen LogP contribution in [0.3, 0.4) is 0 Å². The maximum absolute atomic E-state index is 12.9. The van der Waals surface area contributed by atoms with Gasteiger partial charge in [0.15, 0.2) is 0 Å². The fourth-order valence-electron chi connectivity index (χ4n) is 3.14. The number of nitrogens with zero attached hydrogens (tertiary/aromatic N) is 2. The molecule has 1 aromatic carbocycles. The Balaban J connectivity index is 1.46. The summed E-state index contributed by atoms with van der Waals surface area (Å²) < 4.78 is 38.6. The predicted octanol–water partition coefficient (Wildman–Crippen LogP) is 4.25. The third-order valence-corrected chi connectivity index (χ3v) is 5.16. The monoisotopic (exact) mass is 455 g/mol. The summed E-state index contributed by atoms with van der Waals surface area (Å²) in [7, 11) is 0. The number of anilines is 1. The van der Waals surface area contributed by atoms with E-state index >= 15 is 0 Å². The van der Waals surface area contributed by atoms with E-state index in [9.17, 15) is 22.8 Å². The van der Waals surface area contributed by atoms with Crippen molar-refractivity contribution in [3.8, 4) is 0 Å². The van der Waals surface area contributed by atoms with Crippen LogP contribution in [0.25, 0.3) is 0 Å². The summed E-state index contributed by atoms with van der Waals surface area (Å²) in [5.74, 6) is 0. The van der Waals surface area contributed by atoms with Gasteiger partial charge < -0.3 is 20.9 Å². The molecule has 0 saturated carbocycles. The van der Waals surface area contributed by atoms with Gasteiger partial charge in [0, 0.05) is 38.1 Å². The highest BCUT2D eigenvalue weighted by molar-refractivity contribution is 6.33. The van der Waals surface area contributed by atoms with Crippen molar-refractivity contribution in [1.29, 1.82) is 0 Å². The molecule has 1 fully saturated rings. The first-order valence-electron chi connectivity index (χ1n) is 9.58. The molecule has 166 valence electrons. The van der Waals surface area contributed by atoms with Gasteiger partial charge in [0.2, 0.25) is 0 Å². The lowest BCUT2D eigenvalue weighted by atomic mass is 10.1. The number of benzene rings is 1. The minimum absolute atomic E-state index is 0.0168. The molecule has 1 aliphatic rings. The third kappa shape index (κ3) is 6.48. The van der Waals surface area contributed by atoms with Crippen LogP contribution in [-0.4, -0.2) is 41.1 Å². The molecule has 3 N–H and O–H groups in total. The molecule has 1 saturated heterocycles. The highest BCUT2D eigenvalue weighted by atomic mass is 35.5. The summed E-state index contributed by atoms with van der Waals surface area (Å²) in [5, 5.41) is 8.06. The number of amides is 4. The van der Waals surface area contributed by atoms with Gasteiger partial charge in [-0.15, -0.1) is 0 Å². The number of urea groups is 2. The highest BCUT2D eigenvalue weighted by Crippen LogP contribution is 2.34. The van der Waals surface area contributed by atoms with E-state index in [-0.39, 0.29) is 22.8 Å². The van der Waals surface area contributed by atoms with Gasteiger partial charge in [-0.2, -0.15) is 13.2 Å². The third-order valence-electron chi connectivity index (χ3n) is 4.83. The first kappa shape index (κ1) is 22.7. The first-order valence-corrected chi connectivity index (χ1v) is 9.96. The van der Waals surface area contributed by atoms with Crippen LogP contribution < -0.4 is 16.0 Å². The average Bonchev–Trinajstić information content (AvgIpc) is 2.74. The Labute approximate surface area is 182 Å². The lowest BCUT2D eigenvalue weighted by Crippen LogP contribution is -2.49. The molecule has 11 heteroatoms. The molecule has 0 spiro atoms. The molecule has 0 bridgehead atoms. The van der Waals surface area contributed by atoms with E-state index in [2.05, 4.69) is 20.9 Å². The van der Waals surface area contributed by atoms with Gasteiger partial charge in [-0.25, -0.2) is 9.59 Å². The zero-order valence-corrected chi connectivity index (χ0v) is 17.1. The van der Waals surface area contributed by atoms with Crippen LogP contribution >= 0.6 is 11.6 Å². The van der Waals surface area contributed by atoms with Crippen molar-refractivity contribution in [2.75, 3.05) is 18.4 Å². The van der Waals surface area contributed by atoms with E-state index in [0.29, 0.717) is 32.5 Å². The molecule has 0 unspecified atom stereocenters. The Morgan fingerprint density at radius 2 is 1.94 bits per heavy atom. The maximum Gasteiger partial charge on any atom is 0.416 e. The number of likely N-dealkylation sites (tertiary alicyclic amines) is 1. The van der Waals surface area contributed by atoms with Crippen LogP contribution in [0.15, 0.2) is 42.7 Å². The quantitative estimate of drug-likeness (QED) is 0.644. The summed E-state index contributed by atoms with van der Waals surface area (Å²) >= 11 is 5.92. The van der Waals surface area contributed by atoms with Gasteiger partial charge in [-0.3, -0.25) is 4.98 Å². The molecule has 31 heavy (non-hydrogen) atoms. The van der Waals surface area contributed by atoms with Crippen LogP contribution in [0.1, 0.15) is 24.0 Å². The topological polar surface area (TPSA) is 86.4 Å². The molecule has 1 aliphatic heterocycles. The van der Waals surface area contributed by atoms with Crippen molar-refractivity contribution in [2.24, 2.45) is 0 Å². The van der Waals surface area contributed by atoms with E-state index in [1.54, 1.807) is 18.5 Å². The molecule has 0 aliphatic carbocycles. The average molecular weight is 456 g/mol. The summed E-state index contributed by atoms with van der Waals surface area (Å²) in [6, 6.07) is 5.41. The molecule has 4 amide bonds. The predicted molar refractivity (Wildman–Crippen MR) is 110 cm³/mol. The van der Waals surface area contributed by atoms with E-state index in [4.69, 9.17) is 11.6 Å². The number of halogens is 4. The van der Waals surface area contributed by atoms with E-state index in [1.807, 2.05) is 6.07 Å². The van der Waals surface area contributed by atoms with Crippen molar-refractivity contribution in [1.82, 2.24) is 20.5 Å². The summed E-state index contributed by atoms with van der Waals surface area (Å²) in [6.45, 7) is 1.03. The molecular formula is C20H21ClF3N5O2. The standard InChI is InChI=1S/C20H21ClF3N5O2/c21-16-4-3-14(20(22,23)24)10-17(16)28-19(31)29-8-5-15(6-9-29)27-18(30)26-12-13-2-1-7-25-11-13/h1-4,7,10-11,15H,5-6,8-9,12H2,(H,28,31)(H2,26,27,30). The molecule has 1 aromatic heterocycles. The van der Waals surface area contributed by atoms with E-state index in [0.717, 1.165) is 23.8 Å². The smallest absolute Gasteiger partial charge is 0.335 e. The zero-order chi connectivity index (χ0) is 22.4. The lowest BCUT2D eigenvalue weighted by Gasteiger charge is -2.32.